The first-order valence-corrected chi connectivity index (χ1v) is 9.94. The van der Waals surface area contributed by atoms with Crippen LogP contribution in [0, 0.1) is 5.82 Å². The molecular weight excluding hydrogens is 347 g/mol. The van der Waals surface area contributed by atoms with Gasteiger partial charge in [0.25, 0.3) is 0 Å². The number of hydrogen-bond acceptors (Lipinski definition) is 4. The lowest BCUT2D eigenvalue weighted by Gasteiger charge is -2.47. The van der Waals surface area contributed by atoms with Gasteiger partial charge in [0, 0.05) is 38.2 Å². The molecule has 5 nitrogen and oxygen atoms in total. The van der Waals surface area contributed by atoms with Crippen LogP contribution in [0.4, 0.5) is 4.39 Å². The number of likely N-dealkylation sites (tertiary alicyclic amines) is 1. The second-order valence-electron chi connectivity index (χ2n) is 7.66. The molecule has 6 heteroatoms. The van der Waals surface area contributed by atoms with E-state index < -0.39 is 0 Å². The summed E-state index contributed by atoms with van der Waals surface area (Å²) in [5.74, 6) is -0.157. The highest BCUT2D eigenvalue weighted by Crippen LogP contribution is 2.30. The number of amides is 1. The van der Waals surface area contributed by atoms with Gasteiger partial charge in [-0.2, -0.15) is 0 Å². The number of morpholine rings is 1. The van der Waals surface area contributed by atoms with Crippen molar-refractivity contribution in [3.05, 3.63) is 35.6 Å². The predicted octanol–water partition coefficient (Wildman–Crippen LogP) is 2.89. The van der Waals surface area contributed by atoms with Crippen LogP contribution in [0.5, 0.6) is 0 Å². The Hall–Kier alpha value is -1.79. The number of ether oxygens (including phenoxy) is 1. The van der Waals surface area contributed by atoms with Crippen molar-refractivity contribution in [1.82, 2.24) is 9.80 Å². The number of ketones is 1. The molecule has 3 rings (SSSR count). The normalized spacial score (nSPS) is 20.2. The molecule has 1 aromatic rings. The number of hydrogen-bond donors (Lipinski definition) is 0. The Morgan fingerprint density at radius 3 is 2.56 bits per heavy atom. The van der Waals surface area contributed by atoms with Crippen LogP contribution in [0.15, 0.2) is 24.3 Å². The van der Waals surface area contributed by atoms with Crippen LogP contribution in [0.3, 0.4) is 0 Å². The summed E-state index contributed by atoms with van der Waals surface area (Å²) in [6.45, 7) is 6.53. The number of piperidine rings is 1. The lowest BCUT2D eigenvalue weighted by Crippen LogP contribution is -2.58. The number of carbonyl (C=O) groups is 2. The van der Waals surface area contributed by atoms with Crippen molar-refractivity contribution in [2.75, 3.05) is 39.3 Å². The third kappa shape index (κ3) is 5.14. The zero-order chi connectivity index (χ0) is 19.3. The largest absolute Gasteiger partial charge is 0.363 e. The first kappa shape index (κ1) is 20.0. The van der Waals surface area contributed by atoms with Gasteiger partial charge in [-0.25, -0.2) is 4.39 Å². The first-order valence-electron chi connectivity index (χ1n) is 9.94. The number of Topliss-reactive ketones (excluding diaryl/α,β-unsaturated/α-hetero) is 1. The minimum atomic E-state index is -0.321. The van der Waals surface area contributed by atoms with Crippen LogP contribution in [0.1, 0.15) is 49.4 Å². The van der Waals surface area contributed by atoms with Crippen molar-refractivity contribution >= 4 is 11.7 Å². The van der Waals surface area contributed by atoms with Crippen LogP contribution in [0.2, 0.25) is 0 Å². The van der Waals surface area contributed by atoms with Crippen LogP contribution < -0.4 is 0 Å². The van der Waals surface area contributed by atoms with Gasteiger partial charge in [0.05, 0.1) is 5.60 Å². The molecule has 2 aliphatic rings. The van der Waals surface area contributed by atoms with E-state index in [0.717, 1.165) is 51.9 Å². The zero-order valence-corrected chi connectivity index (χ0v) is 16.1. The molecule has 1 amide bonds. The molecule has 2 fully saturated rings. The number of nitrogens with zero attached hydrogens (tertiary/aromatic N) is 2. The van der Waals surface area contributed by atoms with Gasteiger partial charge >= 0.3 is 0 Å². The average Bonchev–Trinajstić information content (AvgIpc) is 2.67. The lowest BCUT2D eigenvalue weighted by atomic mass is 9.89. The molecule has 0 N–H and O–H groups in total. The minimum Gasteiger partial charge on any atom is -0.363 e. The third-order valence-corrected chi connectivity index (χ3v) is 5.64. The molecule has 2 aliphatic heterocycles. The maximum absolute atomic E-state index is 12.9. The van der Waals surface area contributed by atoms with E-state index in [1.165, 1.54) is 12.1 Å². The number of rotatable bonds is 7. The summed E-state index contributed by atoms with van der Waals surface area (Å²) in [4.78, 5) is 28.4. The lowest BCUT2D eigenvalue weighted by molar-refractivity contribution is -0.171. The maximum atomic E-state index is 12.9. The van der Waals surface area contributed by atoms with Gasteiger partial charge in [-0.3, -0.25) is 9.59 Å². The van der Waals surface area contributed by atoms with Gasteiger partial charge in [0.1, 0.15) is 12.4 Å². The quantitative estimate of drug-likeness (QED) is 0.687. The topological polar surface area (TPSA) is 49.9 Å². The summed E-state index contributed by atoms with van der Waals surface area (Å²) in [5.41, 5.74) is 0.383. The van der Waals surface area contributed by atoms with Crippen LogP contribution in [0.25, 0.3) is 0 Å². The Kier molecular flexibility index (Phi) is 6.60. The molecule has 0 radical (unpaired) electrons. The third-order valence-electron chi connectivity index (χ3n) is 5.64. The fourth-order valence-corrected chi connectivity index (χ4v) is 3.99. The van der Waals surface area contributed by atoms with E-state index in [-0.39, 0.29) is 29.7 Å². The first-order chi connectivity index (χ1) is 13.0. The Labute approximate surface area is 160 Å². The summed E-state index contributed by atoms with van der Waals surface area (Å²) in [5, 5.41) is 0. The molecular formula is C21H29FN2O3. The van der Waals surface area contributed by atoms with E-state index in [4.69, 9.17) is 4.74 Å². The molecule has 2 saturated heterocycles. The smallest absolute Gasteiger partial charge is 0.248 e. The summed E-state index contributed by atoms with van der Waals surface area (Å²) in [6, 6.07) is 5.75. The van der Waals surface area contributed by atoms with Gasteiger partial charge in [-0.05, 0) is 56.5 Å². The van der Waals surface area contributed by atoms with Gasteiger partial charge in [0.2, 0.25) is 5.91 Å². The molecule has 0 saturated carbocycles. The molecule has 0 aliphatic carbocycles. The molecule has 0 unspecified atom stereocenters. The van der Waals surface area contributed by atoms with Crippen molar-refractivity contribution in [1.29, 1.82) is 0 Å². The number of halogens is 1. The predicted molar refractivity (Wildman–Crippen MR) is 101 cm³/mol. The minimum absolute atomic E-state index is 0.0628. The Bertz CT molecular complexity index is 654. The van der Waals surface area contributed by atoms with E-state index >= 15 is 0 Å². The second kappa shape index (κ2) is 8.93. The number of carbonyl (C=O) groups excluding carboxylic acids is 2. The standard InChI is InChI=1S/C21H29FN2O3/c1-2-11-24-16-21(27-15-20(24)26)9-13-23(14-10-21)12-3-4-19(25)17-5-7-18(22)8-6-17/h5-8H,2-4,9-16H2,1H3. The van der Waals surface area contributed by atoms with Crippen molar-refractivity contribution in [2.24, 2.45) is 0 Å². The van der Waals surface area contributed by atoms with Crippen LogP contribution >= 0.6 is 0 Å². The molecule has 0 aromatic heterocycles. The zero-order valence-electron chi connectivity index (χ0n) is 16.1. The van der Waals surface area contributed by atoms with E-state index in [2.05, 4.69) is 11.8 Å². The second-order valence-corrected chi connectivity index (χ2v) is 7.66. The number of benzene rings is 1. The fourth-order valence-electron chi connectivity index (χ4n) is 3.99. The van der Waals surface area contributed by atoms with Gasteiger partial charge < -0.3 is 14.5 Å². The summed E-state index contributed by atoms with van der Waals surface area (Å²) >= 11 is 0. The van der Waals surface area contributed by atoms with Gasteiger partial charge in [-0.1, -0.05) is 6.92 Å². The van der Waals surface area contributed by atoms with Gasteiger partial charge in [0.15, 0.2) is 5.78 Å². The summed E-state index contributed by atoms with van der Waals surface area (Å²) in [6.07, 6.45) is 4.09. The van der Waals surface area contributed by atoms with E-state index in [1.807, 2.05) is 4.90 Å². The monoisotopic (exact) mass is 376 g/mol. The maximum Gasteiger partial charge on any atom is 0.248 e. The van der Waals surface area contributed by atoms with Crippen molar-refractivity contribution in [3.63, 3.8) is 0 Å². The fraction of sp³-hybridized carbons (Fsp3) is 0.619. The van der Waals surface area contributed by atoms with Crippen molar-refractivity contribution < 1.29 is 18.7 Å². The molecule has 1 spiro atoms. The van der Waals surface area contributed by atoms with Crippen LogP contribution in [-0.4, -0.2) is 66.4 Å². The van der Waals surface area contributed by atoms with E-state index in [9.17, 15) is 14.0 Å². The van der Waals surface area contributed by atoms with Crippen LogP contribution in [-0.2, 0) is 9.53 Å². The Morgan fingerprint density at radius 2 is 1.89 bits per heavy atom. The van der Waals surface area contributed by atoms with Gasteiger partial charge in [-0.15, -0.1) is 0 Å². The summed E-state index contributed by atoms with van der Waals surface area (Å²) in [7, 11) is 0. The highest BCUT2D eigenvalue weighted by molar-refractivity contribution is 5.95. The molecule has 1 aromatic carbocycles. The van der Waals surface area contributed by atoms with Crippen molar-refractivity contribution in [3.8, 4) is 0 Å². The summed E-state index contributed by atoms with van der Waals surface area (Å²) < 4.78 is 18.9. The Balaban J connectivity index is 1.41. The van der Waals surface area contributed by atoms with E-state index in [1.54, 1.807) is 12.1 Å². The van der Waals surface area contributed by atoms with Crippen molar-refractivity contribution in [2.45, 2.75) is 44.6 Å². The highest BCUT2D eigenvalue weighted by atomic mass is 19.1. The highest BCUT2D eigenvalue weighted by Gasteiger charge is 2.41. The average molecular weight is 376 g/mol. The molecule has 0 atom stereocenters. The molecule has 148 valence electrons. The molecule has 0 bridgehead atoms. The SMILES string of the molecule is CCCN1CC2(CCN(CCCC(=O)c3ccc(F)cc3)CC2)OCC1=O. The molecule has 27 heavy (non-hydrogen) atoms. The Morgan fingerprint density at radius 1 is 1.19 bits per heavy atom. The molecule has 2 heterocycles. The van der Waals surface area contributed by atoms with E-state index in [0.29, 0.717) is 18.5 Å².